The van der Waals surface area contributed by atoms with Gasteiger partial charge in [-0.1, -0.05) is 48.6 Å². The fourth-order valence-corrected chi connectivity index (χ4v) is 6.15. The van der Waals surface area contributed by atoms with E-state index in [-0.39, 0.29) is 5.92 Å². The summed E-state index contributed by atoms with van der Waals surface area (Å²) in [5, 5.41) is 12.2. The van der Waals surface area contributed by atoms with Crippen molar-refractivity contribution in [2.45, 2.75) is 31.7 Å². The molecular formula is C35H39N3O4. The van der Waals surface area contributed by atoms with Crippen LogP contribution in [0, 0.1) is 0 Å². The molecule has 7 heteroatoms. The molecule has 0 saturated heterocycles. The molecule has 42 heavy (non-hydrogen) atoms. The van der Waals surface area contributed by atoms with E-state index in [1.54, 1.807) is 0 Å². The number of hydrogen-bond donors (Lipinski definition) is 1. The van der Waals surface area contributed by atoms with Gasteiger partial charge < -0.3 is 19.3 Å². The SMILES string of the molecule is C=CCN1COc2ccc(C(O)C(c3ccc4c(c3)CN(CC=C)CO4)c3ccc4c(c3)CN(CC=C)CO4)cc2C1. The second kappa shape index (κ2) is 12.5. The summed E-state index contributed by atoms with van der Waals surface area (Å²) < 4.78 is 18.1. The van der Waals surface area contributed by atoms with E-state index < -0.39 is 6.10 Å². The van der Waals surface area contributed by atoms with E-state index >= 15 is 0 Å². The van der Waals surface area contributed by atoms with Gasteiger partial charge in [0.15, 0.2) is 0 Å². The van der Waals surface area contributed by atoms with Gasteiger partial charge >= 0.3 is 0 Å². The van der Waals surface area contributed by atoms with Gasteiger partial charge in [-0.15, -0.1) is 19.7 Å². The maximum atomic E-state index is 12.2. The number of aliphatic hydroxyl groups excluding tert-OH is 1. The van der Waals surface area contributed by atoms with Gasteiger partial charge in [-0.2, -0.15) is 0 Å². The van der Waals surface area contributed by atoms with Gasteiger partial charge in [-0.25, -0.2) is 0 Å². The molecule has 0 saturated carbocycles. The molecule has 3 heterocycles. The predicted octanol–water partition coefficient (Wildman–Crippen LogP) is 5.57. The highest BCUT2D eigenvalue weighted by molar-refractivity contribution is 5.48. The summed E-state index contributed by atoms with van der Waals surface area (Å²) in [4.78, 5) is 6.58. The van der Waals surface area contributed by atoms with E-state index in [0.29, 0.717) is 20.2 Å². The summed E-state index contributed by atoms with van der Waals surface area (Å²) in [6.07, 6.45) is 4.88. The molecule has 1 N–H and O–H groups in total. The average molecular weight is 566 g/mol. The number of nitrogens with zero attached hydrogens (tertiary/aromatic N) is 3. The molecule has 0 fully saturated rings. The first kappa shape index (κ1) is 28.2. The highest BCUT2D eigenvalue weighted by atomic mass is 16.5. The summed E-state index contributed by atoms with van der Waals surface area (Å²) in [5.41, 5.74) is 6.20. The Bertz CT molecular complexity index is 1400. The van der Waals surface area contributed by atoms with Gasteiger partial charge in [-0.3, -0.25) is 14.7 Å². The fraction of sp³-hybridized carbons (Fsp3) is 0.314. The lowest BCUT2D eigenvalue weighted by Gasteiger charge is -2.32. The third-order valence-corrected chi connectivity index (χ3v) is 8.18. The standard InChI is InChI=1S/C35H39N3O4/c1-4-13-36-19-28-16-25(7-10-31(28)40-22-36)34(26-8-11-32-29(17-26)20-37(14-5-2)23-41-32)35(39)27-9-12-33-30(18-27)21-38(15-6-3)24-42-33/h4-12,16-18,34-35,39H,1-3,13-15,19-24H2. The highest BCUT2D eigenvalue weighted by Crippen LogP contribution is 2.42. The van der Waals surface area contributed by atoms with Crippen molar-refractivity contribution in [1.82, 2.24) is 14.7 Å². The highest BCUT2D eigenvalue weighted by Gasteiger charge is 2.30. The average Bonchev–Trinajstić information content (AvgIpc) is 3.01. The monoisotopic (exact) mass is 565 g/mol. The number of benzene rings is 3. The lowest BCUT2D eigenvalue weighted by atomic mass is 9.81. The van der Waals surface area contributed by atoms with Gasteiger partial charge in [0, 0.05) is 61.9 Å². The smallest absolute Gasteiger partial charge is 0.142 e. The Labute approximate surface area is 248 Å². The molecule has 0 bridgehead atoms. The molecule has 3 aromatic rings. The summed E-state index contributed by atoms with van der Waals surface area (Å²) in [5.74, 6) is 2.33. The van der Waals surface area contributed by atoms with Crippen LogP contribution in [0.15, 0.2) is 92.6 Å². The van der Waals surface area contributed by atoms with Gasteiger partial charge in [0.1, 0.15) is 37.4 Å². The van der Waals surface area contributed by atoms with E-state index in [0.717, 1.165) is 89.9 Å². The van der Waals surface area contributed by atoms with Crippen LogP contribution in [0.25, 0.3) is 0 Å². The van der Waals surface area contributed by atoms with Crippen LogP contribution in [-0.2, 0) is 19.6 Å². The molecular weight excluding hydrogens is 526 g/mol. The van der Waals surface area contributed by atoms with Gasteiger partial charge in [0.05, 0.1) is 6.10 Å². The molecule has 3 aliphatic heterocycles. The molecule has 0 aliphatic carbocycles. The Morgan fingerprint density at radius 3 is 1.33 bits per heavy atom. The summed E-state index contributed by atoms with van der Waals surface area (Å²) in [6.45, 7) is 17.8. The van der Waals surface area contributed by atoms with E-state index in [1.807, 2.05) is 42.5 Å². The molecule has 3 aromatic carbocycles. The first-order valence-electron chi connectivity index (χ1n) is 14.5. The van der Waals surface area contributed by atoms with Crippen molar-refractivity contribution in [2.24, 2.45) is 0 Å². The van der Waals surface area contributed by atoms with Crippen molar-refractivity contribution in [3.05, 3.63) is 126 Å². The Balaban J connectivity index is 1.39. The van der Waals surface area contributed by atoms with E-state index in [4.69, 9.17) is 14.2 Å². The third kappa shape index (κ3) is 5.87. The van der Waals surface area contributed by atoms with E-state index in [9.17, 15) is 5.11 Å². The second-order valence-electron chi connectivity index (χ2n) is 11.2. The van der Waals surface area contributed by atoms with Crippen molar-refractivity contribution >= 4 is 0 Å². The Morgan fingerprint density at radius 2 is 0.952 bits per heavy atom. The minimum Gasteiger partial charge on any atom is -0.478 e. The van der Waals surface area contributed by atoms with Crippen LogP contribution in [0.3, 0.4) is 0 Å². The van der Waals surface area contributed by atoms with Crippen molar-refractivity contribution in [3.63, 3.8) is 0 Å². The van der Waals surface area contributed by atoms with Crippen molar-refractivity contribution < 1.29 is 19.3 Å². The van der Waals surface area contributed by atoms with Crippen LogP contribution in [0.2, 0.25) is 0 Å². The maximum absolute atomic E-state index is 12.2. The van der Waals surface area contributed by atoms with Crippen molar-refractivity contribution in [2.75, 3.05) is 39.8 Å². The molecule has 0 radical (unpaired) electrons. The van der Waals surface area contributed by atoms with E-state index in [2.05, 4.69) is 64.8 Å². The molecule has 0 spiro atoms. The summed E-state index contributed by atoms with van der Waals surface area (Å²) >= 11 is 0. The Morgan fingerprint density at radius 1 is 0.595 bits per heavy atom. The van der Waals surface area contributed by atoms with Crippen LogP contribution in [0.5, 0.6) is 17.2 Å². The third-order valence-electron chi connectivity index (χ3n) is 8.18. The largest absolute Gasteiger partial charge is 0.478 e. The summed E-state index contributed by atoms with van der Waals surface area (Å²) in [6, 6.07) is 18.7. The molecule has 218 valence electrons. The number of fused-ring (bicyclic) bond motifs is 3. The second-order valence-corrected chi connectivity index (χ2v) is 11.2. The van der Waals surface area contributed by atoms with Crippen LogP contribution >= 0.6 is 0 Å². The minimum atomic E-state index is -0.788. The fourth-order valence-electron chi connectivity index (χ4n) is 6.15. The molecule has 3 aliphatic rings. The van der Waals surface area contributed by atoms with Crippen molar-refractivity contribution in [1.29, 1.82) is 0 Å². The minimum absolute atomic E-state index is 0.308. The number of hydrogen-bond acceptors (Lipinski definition) is 7. The lowest BCUT2D eigenvalue weighted by molar-refractivity contribution is 0.106. The predicted molar refractivity (Wildman–Crippen MR) is 164 cm³/mol. The topological polar surface area (TPSA) is 57.6 Å². The van der Waals surface area contributed by atoms with Crippen LogP contribution in [0.4, 0.5) is 0 Å². The maximum Gasteiger partial charge on any atom is 0.142 e. The molecule has 1 atom stereocenters. The molecule has 0 amide bonds. The number of rotatable bonds is 10. The number of aliphatic hydroxyl groups is 1. The zero-order valence-electron chi connectivity index (χ0n) is 24.1. The molecule has 0 aromatic heterocycles. The normalized spacial score (nSPS) is 17.6. The van der Waals surface area contributed by atoms with Crippen LogP contribution < -0.4 is 14.2 Å². The quantitative estimate of drug-likeness (QED) is 0.323. The Kier molecular flexibility index (Phi) is 8.44. The zero-order chi connectivity index (χ0) is 29.1. The first-order chi connectivity index (χ1) is 20.6. The number of ether oxygens (including phenoxy) is 3. The van der Waals surface area contributed by atoms with Crippen LogP contribution in [-0.4, -0.2) is 59.6 Å². The molecule has 1 unspecified atom stereocenters. The zero-order valence-corrected chi connectivity index (χ0v) is 24.1. The molecule has 7 nitrogen and oxygen atoms in total. The van der Waals surface area contributed by atoms with Crippen LogP contribution in [0.1, 0.15) is 45.4 Å². The van der Waals surface area contributed by atoms with E-state index in [1.165, 1.54) is 0 Å². The Hall–Kier alpha value is -3.88. The van der Waals surface area contributed by atoms with Crippen molar-refractivity contribution in [3.8, 4) is 17.2 Å². The van der Waals surface area contributed by atoms with Gasteiger partial charge in [0.25, 0.3) is 0 Å². The van der Waals surface area contributed by atoms with Gasteiger partial charge in [0.2, 0.25) is 0 Å². The molecule has 6 rings (SSSR count). The van der Waals surface area contributed by atoms with Gasteiger partial charge in [-0.05, 0) is 41.0 Å². The summed E-state index contributed by atoms with van der Waals surface area (Å²) in [7, 11) is 0. The first-order valence-corrected chi connectivity index (χ1v) is 14.5. The lowest BCUT2D eigenvalue weighted by Crippen LogP contribution is -2.32.